The van der Waals surface area contributed by atoms with E-state index in [-0.39, 0.29) is 6.10 Å². The average Bonchev–Trinajstić information content (AvgIpc) is 2.74. The second kappa shape index (κ2) is 5.00. The number of aliphatic hydroxyl groups is 1. The molecule has 2 rings (SSSR count). The van der Waals surface area contributed by atoms with Crippen LogP contribution in [0.15, 0.2) is 12.4 Å². The molecule has 0 spiro atoms. The molecule has 1 aliphatic carbocycles. The number of aliphatic hydroxyl groups excluding tert-OH is 1. The zero-order chi connectivity index (χ0) is 11.5. The summed E-state index contributed by atoms with van der Waals surface area (Å²) in [6.45, 7) is 2.25. The van der Waals surface area contributed by atoms with E-state index in [1.165, 1.54) is 19.3 Å². The lowest BCUT2D eigenvalue weighted by Crippen LogP contribution is -2.23. The average molecular weight is 222 g/mol. The van der Waals surface area contributed by atoms with Crippen molar-refractivity contribution < 1.29 is 5.11 Å². The van der Waals surface area contributed by atoms with Crippen molar-refractivity contribution in [2.45, 2.75) is 45.1 Å². The molecule has 1 heterocycles. The Morgan fingerprint density at radius 2 is 2.38 bits per heavy atom. The fraction of sp³-hybridized carbons (Fsp3) is 0.769. The monoisotopic (exact) mass is 222 g/mol. The first kappa shape index (κ1) is 11.6. The first-order valence-corrected chi connectivity index (χ1v) is 6.37. The van der Waals surface area contributed by atoms with E-state index in [2.05, 4.69) is 11.9 Å². The predicted octanol–water partition coefficient (Wildman–Crippen LogP) is 2.67. The summed E-state index contributed by atoms with van der Waals surface area (Å²) >= 11 is 0. The Morgan fingerprint density at radius 3 is 3.00 bits per heavy atom. The number of aromatic nitrogens is 2. The van der Waals surface area contributed by atoms with Gasteiger partial charge in [0.2, 0.25) is 0 Å². The first-order chi connectivity index (χ1) is 7.72. The van der Waals surface area contributed by atoms with Gasteiger partial charge in [0, 0.05) is 19.4 Å². The van der Waals surface area contributed by atoms with Crippen LogP contribution in [0.4, 0.5) is 0 Å². The van der Waals surface area contributed by atoms with Crippen LogP contribution in [0.3, 0.4) is 0 Å². The minimum Gasteiger partial charge on any atom is -0.385 e. The molecular weight excluding hydrogens is 200 g/mol. The molecule has 3 unspecified atom stereocenters. The fourth-order valence-electron chi connectivity index (χ4n) is 2.86. The van der Waals surface area contributed by atoms with Gasteiger partial charge in [0.15, 0.2) is 0 Å². The molecule has 16 heavy (non-hydrogen) atoms. The molecule has 0 aromatic carbocycles. The topological polar surface area (TPSA) is 38.1 Å². The summed E-state index contributed by atoms with van der Waals surface area (Å²) in [4.78, 5) is 4.25. The summed E-state index contributed by atoms with van der Waals surface area (Å²) < 4.78 is 1.93. The van der Waals surface area contributed by atoms with Crippen LogP contribution in [0.5, 0.6) is 0 Å². The van der Waals surface area contributed by atoms with Crippen molar-refractivity contribution in [1.29, 1.82) is 0 Å². The van der Waals surface area contributed by atoms with Gasteiger partial charge in [-0.1, -0.05) is 26.2 Å². The van der Waals surface area contributed by atoms with Gasteiger partial charge in [-0.15, -0.1) is 0 Å². The maximum atomic E-state index is 10.3. The molecule has 90 valence electrons. The zero-order valence-electron chi connectivity index (χ0n) is 10.3. The highest BCUT2D eigenvalue weighted by atomic mass is 16.3. The van der Waals surface area contributed by atoms with Gasteiger partial charge in [0.05, 0.1) is 0 Å². The van der Waals surface area contributed by atoms with Crippen molar-refractivity contribution >= 4 is 0 Å². The quantitative estimate of drug-likeness (QED) is 0.853. The van der Waals surface area contributed by atoms with Crippen LogP contribution in [-0.4, -0.2) is 14.7 Å². The van der Waals surface area contributed by atoms with Crippen molar-refractivity contribution in [3.05, 3.63) is 18.2 Å². The standard InChI is InChI=1S/C13H22N2O/c1-3-10-5-4-6-11(9-10)12(16)13-14-7-8-15(13)2/h7-8,10-12,16H,3-6,9H2,1-2H3. The fourth-order valence-corrected chi connectivity index (χ4v) is 2.86. The lowest BCUT2D eigenvalue weighted by atomic mass is 9.77. The van der Waals surface area contributed by atoms with Gasteiger partial charge < -0.3 is 9.67 Å². The van der Waals surface area contributed by atoms with Gasteiger partial charge in [0.1, 0.15) is 11.9 Å². The van der Waals surface area contributed by atoms with Crippen molar-refractivity contribution in [3.8, 4) is 0 Å². The number of aryl methyl sites for hydroxylation is 1. The summed E-state index contributed by atoms with van der Waals surface area (Å²) in [5.41, 5.74) is 0. The molecule has 3 heteroatoms. The summed E-state index contributed by atoms with van der Waals surface area (Å²) in [5, 5.41) is 10.3. The third kappa shape index (κ3) is 2.29. The molecule has 3 nitrogen and oxygen atoms in total. The Balaban J connectivity index is 2.04. The highest BCUT2D eigenvalue weighted by Gasteiger charge is 2.29. The number of imidazole rings is 1. The Labute approximate surface area is 97.5 Å². The van der Waals surface area contributed by atoms with Crippen LogP contribution >= 0.6 is 0 Å². The highest BCUT2D eigenvalue weighted by Crippen LogP contribution is 2.37. The van der Waals surface area contributed by atoms with Gasteiger partial charge in [0.25, 0.3) is 0 Å². The highest BCUT2D eigenvalue weighted by molar-refractivity contribution is 4.98. The van der Waals surface area contributed by atoms with Crippen LogP contribution in [0.1, 0.15) is 51.0 Å². The van der Waals surface area contributed by atoms with Crippen LogP contribution in [0.2, 0.25) is 0 Å². The van der Waals surface area contributed by atoms with E-state index >= 15 is 0 Å². The van der Waals surface area contributed by atoms with Crippen molar-refractivity contribution in [2.24, 2.45) is 18.9 Å². The number of rotatable bonds is 3. The van der Waals surface area contributed by atoms with Crippen LogP contribution in [0.25, 0.3) is 0 Å². The summed E-state index contributed by atoms with van der Waals surface area (Å²) in [5.74, 6) is 2.02. The molecule has 0 amide bonds. The van der Waals surface area contributed by atoms with E-state index in [1.54, 1.807) is 6.20 Å². The van der Waals surface area contributed by atoms with E-state index in [0.717, 1.165) is 24.6 Å². The molecule has 0 bridgehead atoms. The van der Waals surface area contributed by atoms with Gasteiger partial charge in [-0.3, -0.25) is 0 Å². The molecule has 0 radical (unpaired) electrons. The summed E-state index contributed by atoms with van der Waals surface area (Å²) in [6.07, 6.45) is 9.41. The van der Waals surface area contributed by atoms with Gasteiger partial charge in [-0.25, -0.2) is 4.98 Å². The van der Waals surface area contributed by atoms with Gasteiger partial charge >= 0.3 is 0 Å². The summed E-state index contributed by atoms with van der Waals surface area (Å²) in [7, 11) is 1.95. The molecule has 1 saturated carbocycles. The molecule has 1 fully saturated rings. The number of hydrogen-bond donors (Lipinski definition) is 1. The minimum atomic E-state index is -0.380. The second-order valence-corrected chi connectivity index (χ2v) is 5.04. The molecule has 0 aliphatic heterocycles. The Hall–Kier alpha value is -0.830. The molecule has 1 aromatic heterocycles. The van der Waals surface area contributed by atoms with E-state index in [1.807, 2.05) is 17.8 Å². The maximum Gasteiger partial charge on any atom is 0.137 e. The predicted molar refractivity (Wildman–Crippen MR) is 63.9 cm³/mol. The van der Waals surface area contributed by atoms with Gasteiger partial charge in [-0.2, -0.15) is 0 Å². The van der Waals surface area contributed by atoms with Crippen molar-refractivity contribution in [3.63, 3.8) is 0 Å². The Morgan fingerprint density at radius 1 is 1.56 bits per heavy atom. The summed E-state index contributed by atoms with van der Waals surface area (Å²) in [6, 6.07) is 0. The second-order valence-electron chi connectivity index (χ2n) is 5.04. The van der Waals surface area contributed by atoms with Crippen molar-refractivity contribution in [2.75, 3.05) is 0 Å². The Kier molecular flexibility index (Phi) is 3.64. The van der Waals surface area contributed by atoms with Crippen LogP contribution in [0, 0.1) is 11.8 Å². The smallest absolute Gasteiger partial charge is 0.137 e. The SMILES string of the molecule is CCC1CCCC(C(O)c2nccn2C)C1. The zero-order valence-corrected chi connectivity index (χ0v) is 10.3. The lowest BCUT2D eigenvalue weighted by molar-refractivity contribution is 0.0589. The molecular formula is C13H22N2O. The third-order valence-electron chi connectivity index (χ3n) is 3.97. The van der Waals surface area contributed by atoms with Gasteiger partial charge in [-0.05, 0) is 24.7 Å². The normalized spacial score (nSPS) is 27.9. The Bertz CT molecular complexity index is 334. The van der Waals surface area contributed by atoms with Crippen LogP contribution in [-0.2, 0) is 7.05 Å². The molecule has 1 aliphatic rings. The molecule has 1 N–H and O–H groups in total. The molecule has 3 atom stereocenters. The molecule has 0 saturated heterocycles. The number of nitrogens with zero attached hydrogens (tertiary/aromatic N) is 2. The third-order valence-corrected chi connectivity index (χ3v) is 3.97. The van der Waals surface area contributed by atoms with E-state index in [0.29, 0.717) is 5.92 Å². The maximum absolute atomic E-state index is 10.3. The lowest BCUT2D eigenvalue weighted by Gasteiger charge is -2.31. The van der Waals surface area contributed by atoms with Crippen molar-refractivity contribution in [1.82, 2.24) is 9.55 Å². The van der Waals surface area contributed by atoms with E-state index in [4.69, 9.17) is 0 Å². The largest absolute Gasteiger partial charge is 0.385 e. The number of hydrogen-bond acceptors (Lipinski definition) is 2. The van der Waals surface area contributed by atoms with E-state index < -0.39 is 0 Å². The van der Waals surface area contributed by atoms with Crippen LogP contribution < -0.4 is 0 Å². The molecule has 1 aromatic rings. The van der Waals surface area contributed by atoms with E-state index in [9.17, 15) is 5.11 Å². The minimum absolute atomic E-state index is 0.380. The first-order valence-electron chi connectivity index (χ1n) is 6.37.